The summed E-state index contributed by atoms with van der Waals surface area (Å²) in [6, 6.07) is 0. The zero-order chi connectivity index (χ0) is 22.3. The molecule has 1 fully saturated rings. The lowest BCUT2D eigenvalue weighted by atomic mass is 9.95. The molecule has 1 amide bonds. The molecule has 1 unspecified atom stereocenters. The second-order valence-electron chi connectivity index (χ2n) is 9.12. The lowest BCUT2D eigenvalue weighted by Gasteiger charge is -2.34. The van der Waals surface area contributed by atoms with Gasteiger partial charge in [0.15, 0.2) is 5.96 Å². The molecule has 2 heterocycles. The minimum Gasteiger partial charge on any atom is -0.444 e. The molecule has 0 bridgehead atoms. The van der Waals surface area contributed by atoms with Crippen LogP contribution in [0.5, 0.6) is 0 Å². The van der Waals surface area contributed by atoms with Crippen LogP contribution in [0.15, 0.2) is 4.99 Å². The Bertz CT molecular complexity index is 741. The maximum absolute atomic E-state index is 12.4. The maximum Gasteiger partial charge on any atom is 0.410 e. The molecule has 1 atom stereocenters. The number of aromatic nitrogens is 2. The average Bonchev–Trinajstić information content (AvgIpc) is 2.90. The molecule has 1 saturated heterocycles. The van der Waals surface area contributed by atoms with Crippen molar-refractivity contribution in [3.8, 4) is 0 Å². The number of amides is 1. The van der Waals surface area contributed by atoms with Crippen LogP contribution in [-0.4, -0.2) is 58.5 Å². The van der Waals surface area contributed by atoms with Crippen LogP contribution in [-0.2, 0) is 18.3 Å². The number of ether oxygens (including phenoxy) is 1. The number of halogens is 1. The molecule has 31 heavy (non-hydrogen) atoms. The first kappa shape index (κ1) is 27.5. The van der Waals surface area contributed by atoms with Gasteiger partial charge >= 0.3 is 6.09 Å². The van der Waals surface area contributed by atoms with Crippen molar-refractivity contribution >= 4 is 36.0 Å². The Hall–Kier alpha value is -1.52. The Balaban J connectivity index is 0.00000480. The van der Waals surface area contributed by atoms with Crippen molar-refractivity contribution in [2.75, 3.05) is 26.2 Å². The van der Waals surface area contributed by atoms with E-state index in [-0.39, 0.29) is 30.1 Å². The van der Waals surface area contributed by atoms with E-state index in [1.165, 1.54) is 5.56 Å². The number of nitrogens with zero attached hydrogens (tertiary/aromatic N) is 4. The number of hydrogen-bond donors (Lipinski definition) is 2. The van der Waals surface area contributed by atoms with Crippen molar-refractivity contribution in [3.05, 3.63) is 17.0 Å². The molecular weight excluding hydrogens is 507 g/mol. The van der Waals surface area contributed by atoms with E-state index in [0.29, 0.717) is 12.5 Å². The summed E-state index contributed by atoms with van der Waals surface area (Å²) in [6.07, 6.45) is 2.96. The molecule has 1 aliphatic rings. The monoisotopic (exact) mass is 548 g/mol. The summed E-state index contributed by atoms with van der Waals surface area (Å²) >= 11 is 0. The predicted molar refractivity (Wildman–Crippen MR) is 136 cm³/mol. The summed E-state index contributed by atoms with van der Waals surface area (Å²) in [5.74, 6) is 1.30. The van der Waals surface area contributed by atoms with Gasteiger partial charge in [-0.15, -0.1) is 24.0 Å². The van der Waals surface area contributed by atoms with Crippen LogP contribution >= 0.6 is 24.0 Å². The number of nitrogens with one attached hydrogen (secondary N) is 2. The van der Waals surface area contributed by atoms with Crippen LogP contribution in [0.4, 0.5) is 4.79 Å². The van der Waals surface area contributed by atoms with Crippen molar-refractivity contribution in [2.24, 2.45) is 18.0 Å². The molecule has 0 spiro atoms. The van der Waals surface area contributed by atoms with Gasteiger partial charge in [0.2, 0.25) is 0 Å². The maximum atomic E-state index is 12.4. The fourth-order valence-corrected chi connectivity index (χ4v) is 3.73. The van der Waals surface area contributed by atoms with Gasteiger partial charge in [-0.3, -0.25) is 4.68 Å². The van der Waals surface area contributed by atoms with Crippen LogP contribution < -0.4 is 10.6 Å². The van der Waals surface area contributed by atoms with Gasteiger partial charge < -0.3 is 20.3 Å². The number of rotatable bonds is 6. The summed E-state index contributed by atoms with van der Waals surface area (Å²) in [6.45, 7) is 15.7. The number of aliphatic imine (C=N–C) groups is 1. The molecule has 9 heteroatoms. The zero-order valence-electron chi connectivity index (χ0n) is 20.2. The van der Waals surface area contributed by atoms with E-state index in [9.17, 15) is 4.79 Å². The fraction of sp³-hybridized carbons (Fsp3) is 0.773. The van der Waals surface area contributed by atoms with Crippen molar-refractivity contribution in [3.63, 3.8) is 0 Å². The molecule has 1 aromatic heterocycles. The number of piperidine rings is 1. The smallest absolute Gasteiger partial charge is 0.410 e. The molecule has 2 N–H and O–H groups in total. The van der Waals surface area contributed by atoms with E-state index in [1.807, 2.05) is 44.3 Å². The van der Waals surface area contributed by atoms with Gasteiger partial charge in [0.1, 0.15) is 5.60 Å². The molecule has 0 aliphatic carbocycles. The van der Waals surface area contributed by atoms with Gasteiger partial charge in [-0.25, -0.2) is 9.79 Å². The van der Waals surface area contributed by atoms with E-state index in [2.05, 4.69) is 29.6 Å². The first-order chi connectivity index (χ1) is 14.1. The third-order valence-electron chi connectivity index (χ3n) is 5.41. The third-order valence-corrected chi connectivity index (χ3v) is 5.41. The van der Waals surface area contributed by atoms with Crippen LogP contribution in [0.3, 0.4) is 0 Å². The molecular formula is C22H41IN6O2. The highest BCUT2D eigenvalue weighted by atomic mass is 127. The Labute approximate surface area is 204 Å². The average molecular weight is 549 g/mol. The SMILES string of the molecule is CCNC(=NCc1c(C)nn(C)c1C)NCCC1CCCN(C(=O)OC(C)(C)C)C1.I. The highest BCUT2D eigenvalue weighted by Crippen LogP contribution is 2.21. The van der Waals surface area contributed by atoms with Crippen LogP contribution in [0.25, 0.3) is 0 Å². The number of guanidine groups is 1. The summed E-state index contributed by atoms with van der Waals surface area (Å²) in [4.78, 5) is 19.0. The highest BCUT2D eigenvalue weighted by Gasteiger charge is 2.27. The van der Waals surface area contributed by atoms with Crippen molar-refractivity contribution < 1.29 is 9.53 Å². The first-order valence-corrected chi connectivity index (χ1v) is 11.1. The van der Waals surface area contributed by atoms with E-state index in [4.69, 9.17) is 9.73 Å². The van der Waals surface area contributed by atoms with Gasteiger partial charge in [-0.2, -0.15) is 5.10 Å². The second kappa shape index (κ2) is 12.5. The van der Waals surface area contributed by atoms with Crippen molar-refractivity contribution in [2.45, 2.75) is 73.0 Å². The Morgan fingerprint density at radius 2 is 2.00 bits per heavy atom. The van der Waals surface area contributed by atoms with E-state index in [0.717, 1.165) is 62.8 Å². The summed E-state index contributed by atoms with van der Waals surface area (Å²) in [5, 5.41) is 11.2. The molecule has 0 saturated carbocycles. The molecule has 1 aromatic rings. The Morgan fingerprint density at radius 3 is 2.58 bits per heavy atom. The topological polar surface area (TPSA) is 83.8 Å². The fourth-order valence-electron chi connectivity index (χ4n) is 3.73. The summed E-state index contributed by atoms with van der Waals surface area (Å²) < 4.78 is 7.43. The number of aryl methyl sites for hydroxylation is 2. The van der Waals surface area contributed by atoms with Crippen molar-refractivity contribution in [1.29, 1.82) is 0 Å². The molecule has 1 aliphatic heterocycles. The minimum absolute atomic E-state index is 0. The molecule has 0 aromatic carbocycles. The van der Waals surface area contributed by atoms with Gasteiger partial charge in [0, 0.05) is 44.5 Å². The van der Waals surface area contributed by atoms with Gasteiger partial charge in [0.05, 0.1) is 12.2 Å². The minimum atomic E-state index is -0.451. The number of carbonyl (C=O) groups excluding carboxylic acids is 1. The van der Waals surface area contributed by atoms with Gasteiger partial charge in [-0.1, -0.05) is 0 Å². The second-order valence-corrected chi connectivity index (χ2v) is 9.12. The Kier molecular flexibility index (Phi) is 11.1. The zero-order valence-corrected chi connectivity index (χ0v) is 22.6. The quantitative estimate of drug-likeness (QED) is 0.322. The number of likely N-dealkylation sites (tertiary alicyclic amines) is 1. The first-order valence-electron chi connectivity index (χ1n) is 11.1. The lowest BCUT2D eigenvalue weighted by Crippen LogP contribution is -2.44. The van der Waals surface area contributed by atoms with Gasteiger partial charge in [0.25, 0.3) is 0 Å². The van der Waals surface area contributed by atoms with Crippen LogP contribution in [0.2, 0.25) is 0 Å². The normalized spacial score (nSPS) is 17.2. The van der Waals surface area contributed by atoms with Crippen LogP contribution in [0.1, 0.15) is 63.9 Å². The lowest BCUT2D eigenvalue weighted by molar-refractivity contribution is 0.0162. The summed E-state index contributed by atoms with van der Waals surface area (Å²) in [5.41, 5.74) is 2.90. The number of carbonyl (C=O) groups is 1. The Morgan fingerprint density at radius 1 is 1.29 bits per heavy atom. The van der Waals surface area contributed by atoms with E-state index < -0.39 is 5.60 Å². The van der Waals surface area contributed by atoms with Gasteiger partial charge in [-0.05, 0) is 66.7 Å². The van der Waals surface area contributed by atoms with Crippen LogP contribution in [0, 0.1) is 19.8 Å². The predicted octanol–water partition coefficient (Wildman–Crippen LogP) is 3.75. The largest absolute Gasteiger partial charge is 0.444 e. The molecule has 178 valence electrons. The highest BCUT2D eigenvalue weighted by molar-refractivity contribution is 14.0. The number of hydrogen-bond acceptors (Lipinski definition) is 4. The standard InChI is InChI=1S/C22H40N6O2.HI/c1-8-23-20(25-14-19-16(2)26-27(7)17(19)3)24-12-11-18-10-9-13-28(15-18)21(29)30-22(4,5)6;/h18H,8-15H2,1-7H3,(H2,23,24,25);1H. The van der Waals surface area contributed by atoms with Crippen molar-refractivity contribution in [1.82, 2.24) is 25.3 Å². The molecule has 8 nitrogen and oxygen atoms in total. The molecule has 0 radical (unpaired) electrons. The third kappa shape index (κ3) is 8.86. The summed E-state index contributed by atoms with van der Waals surface area (Å²) in [7, 11) is 1.96. The van der Waals surface area contributed by atoms with E-state index >= 15 is 0 Å². The van der Waals surface area contributed by atoms with E-state index in [1.54, 1.807) is 0 Å². The molecule has 2 rings (SSSR count).